The molecule has 0 radical (unpaired) electrons. The monoisotopic (exact) mass is 225 g/mol. The molecule has 0 aliphatic heterocycles. The maximum atomic E-state index is 13.0. The van der Waals surface area contributed by atoms with Crippen molar-refractivity contribution in [1.29, 1.82) is 0 Å². The van der Waals surface area contributed by atoms with Crippen molar-refractivity contribution in [1.82, 2.24) is 4.98 Å². The zero-order chi connectivity index (χ0) is 11.0. The Morgan fingerprint density at radius 1 is 1.40 bits per heavy atom. The van der Waals surface area contributed by atoms with Gasteiger partial charge in [-0.15, -0.1) is 0 Å². The van der Waals surface area contributed by atoms with Crippen LogP contribution in [0.15, 0.2) is 24.3 Å². The van der Waals surface area contributed by atoms with Crippen LogP contribution >= 0.6 is 11.6 Å². The van der Waals surface area contributed by atoms with E-state index in [1.165, 1.54) is 18.2 Å². The SMILES string of the molecule is O=C(O)c1cc(F)cc2ccc(Cl)nc12. The second kappa shape index (κ2) is 3.47. The molecule has 1 N–H and O–H groups in total. The Kier molecular flexibility index (Phi) is 2.28. The first-order chi connectivity index (χ1) is 7.08. The molecule has 2 aromatic rings. The zero-order valence-corrected chi connectivity index (χ0v) is 8.12. The van der Waals surface area contributed by atoms with Crippen LogP contribution in [0.4, 0.5) is 4.39 Å². The van der Waals surface area contributed by atoms with Gasteiger partial charge >= 0.3 is 5.97 Å². The number of halogens is 2. The van der Waals surface area contributed by atoms with Crippen LogP contribution in [0.2, 0.25) is 5.15 Å². The summed E-state index contributed by atoms with van der Waals surface area (Å²) in [5, 5.41) is 9.44. The lowest BCUT2D eigenvalue weighted by Gasteiger charge is -2.02. The van der Waals surface area contributed by atoms with Gasteiger partial charge in [0.1, 0.15) is 11.0 Å². The largest absolute Gasteiger partial charge is 0.478 e. The minimum absolute atomic E-state index is 0.177. The van der Waals surface area contributed by atoms with Gasteiger partial charge in [-0.25, -0.2) is 14.2 Å². The van der Waals surface area contributed by atoms with Gasteiger partial charge in [0.25, 0.3) is 0 Å². The van der Waals surface area contributed by atoms with Crippen molar-refractivity contribution in [3.63, 3.8) is 0 Å². The van der Waals surface area contributed by atoms with Crippen LogP contribution < -0.4 is 0 Å². The highest BCUT2D eigenvalue weighted by molar-refractivity contribution is 6.29. The number of hydrogen-bond donors (Lipinski definition) is 1. The van der Waals surface area contributed by atoms with Crippen LogP contribution in [0.3, 0.4) is 0 Å². The number of hydrogen-bond acceptors (Lipinski definition) is 2. The molecule has 3 nitrogen and oxygen atoms in total. The molecule has 0 amide bonds. The summed E-state index contributed by atoms with van der Waals surface area (Å²) < 4.78 is 13.0. The highest BCUT2D eigenvalue weighted by Crippen LogP contribution is 2.21. The van der Waals surface area contributed by atoms with E-state index in [1.807, 2.05) is 0 Å². The maximum Gasteiger partial charge on any atom is 0.338 e. The van der Waals surface area contributed by atoms with Crippen molar-refractivity contribution in [2.24, 2.45) is 0 Å². The fraction of sp³-hybridized carbons (Fsp3) is 0. The molecule has 0 saturated carbocycles. The molecule has 0 saturated heterocycles. The van der Waals surface area contributed by atoms with Gasteiger partial charge in [0.15, 0.2) is 0 Å². The van der Waals surface area contributed by atoms with Gasteiger partial charge in [0.2, 0.25) is 0 Å². The summed E-state index contributed by atoms with van der Waals surface area (Å²) >= 11 is 5.64. The standard InChI is InChI=1S/C10H5ClFNO2/c11-8-2-1-5-3-6(12)4-7(10(14)15)9(5)13-8/h1-4H,(H,14,15). The third kappa shape index (κ3) is 1.76. The number of nitrogens with zero attached hydrogens (tertiary/aromatic N) is 1. The first kappa shape index (κ1) is 9.86. The summed E-state index contributed by atoms with van der Waals surface area (Å²) in [5.74, 6) is -1.83. The van der Waals surface area contributed by atoms with E-state index in [2.05, 4.69) is 4.98 Å². The molecule has 0 spiro atoms. The number of aromatic carboxylic acids is 1. The summed E-state index contributed by atoms with van der Waals surface area (Å²) in [7, 11) is 0. The van der Waals surface area contributed by atoms with Crippen molar-refractivity contribution in [2.45, 2.75) is 0 Å². The van der Waals surface area contributed by atoms with Gasteiger partial charge in [-0.05, 0) is 24.3 Å². The first-order valence-corrected chi connectivity index (χ1v) is 4.45. The van der Waals surface area contributed by atoms with Crippen molar-refractivity contribution < 1.29 is 14.3 Å². The summed E-state index contributed by atoms with van der Waals surface area (Å²) in [6.07, 6.45) is 0. The quantitative estimate of drug-likeness (QED) is 0.760. The summed E-state index contributed by atoms with van der Waals surface area (Å²) in [6, 6.07) is 5.15. The molecule has 5 heteroatoms. The first-order valence-electron chi connectivity index (χ1n) is 4.07. The number of pyridine rings is 1. The van der Waals surface area contributed by atoms with Crippen LogP contribution in [-0.4, -0.2) is 16.1 Å². The lowest BCUT2D eigenvalue weighted by molar-refractivity contribution is 0.0698. The third-order valence-electron chi connectivity index (χ3n) is 1.95. The lowest BCUT2D eigenvalue weighted by Crippen LogP contribution is -2.00. The molecule has 0 atom stereocenters. The molecule has 0 aliphatic rings. The van der Waals surface area contributed by atoms with Gasteiger partial charge in [-0.3, -0.25) is 0 Å². The number of rotatable bonds is 1. The Morgan fingerprint density at radius 3 is 2.80 bits per heavy atom. The third-order valence-corrected chi connectivity index (χ3v) is 2.16. The number of carboxylic acid groups (broad SMARTS) is 1. The topological polar surface area (TPSA) is 50.2 Å². The smallest absolute Gasteiger partial charge is 0.338 e. The van der Waals surface area contributed by atoms with E-state index in [1.54, 1.807) is 0 Å². The average molecular weight is 226 g/mol. The molecular weight excluding hydrogens is 221 g/mol. The van der Waals surface area contributed by atoms with E-state index in [9.17, 15) is 9.18 Å². The molecular formula is C10H5ClFNO2. The van der Waals surface area contributed by atoms with Gasteiger partial charge < -0.3 is 5.11 Å². The van der Waals surface area contributed by atoms with E-state index >= 15 is 0 Å². The molecule has 0 fully saturated rings. The number of fused-ring (bicyclic) bond motifs is 1. The van der Waals surface area contributed by atoms with E-state index in [4.69, 9.17) is 16.7 Å². The Morgan fingerprint density at radius 2 is 2.13 bits per heavy atom. The Bertz CT molecular complexity index is 556. The lowest BCUT2D eigenvalue weighted by atomic mass is 10.1. The number of carboxylic acids is 1. The average Bonchev–Trinajstić information content (AvgIpc) is 2.17. The predicted octanol–water partition coefficient (Wildman–Crippen LogP) is 2.73. The number of carbonyl (C=O) groups is 1. The van der Waals surface area contributed by atoms with E-state index < -0.39 is 11.8 Å². The van der Waals surface area contributed by atoms with E-state index in [0.29, 0.717) is 5.39 Å². The molecule has 1 aromatic carbocycles. The van der Waals surface area contributed by atoms with Gasteiger partial charge in [0, 0.05) is 5.39 Å². The molecule has 0 unspecified atom stereocenters. The van der Waals surface area contributed by atoms with Crippen LogP contribution in [0, 0.1) is 5.82 Å². The van der Waals surface area contributed by atoms with E-state index in [-0.39, 0.29) is 16.2 Å². The molecule has 2 rings (SSSR count). The summed E-state index contributed by atoms with van der Waals surface area (Å²) in [5.41, 5.74) is 0.00361. The molecule has 1 aromatic heterocycles. The fourth-order valence-electron chi connectivity index (χ4n) is 1.34. The highest BCUT2D eigenvalue weighted by atomic mass is 35.5. The fourth-order valence-corrected chi connectivity index (χ4v) is 1.49. The summed E-state index contributed by atoms with van der Waals surface area (Å²) in [6.45, 7) is 0. The highest BCUT2D eigenvalue weighted by Gasteiger charge is 2.12. The molecule has 76 valence electrons. The normalized spacial score (nSPS) is 10.5. The molecule has 15 heavy (non-hydrogen) atoms. The number of benzene rings is 1. The van der Waals surface area contributed by atoms with E-state index in [0.717, 1.165) is 6.07 Å². The second-order valence-corrected chi connectivity index (χ2v) is 3.35. The molecule has 0 bridgehead atoms. The number of aromatic nitrogens is 1. The van der Waals surface area contributed by atoms with Crippen LogP contribution in [0.1, 0.15) is 10.4 Å². The minimum atomic E-state index is -1.23. The van der Waals surface area contributed by atoms with Crippen molar-refractivity contribution in [2.75, 3.05) is 0 Å². The van der Waals surface area contributed by atoms with Gasteiger partial charge in [-0.2, -0.15) is 0 Å². The second-order valence-electron chi connectivity index (χ2n) is 2.96. The Balaban J connectivity index is 2.87. The summed E-state index contributed by atoms with van der Waals surface area (Å²) in [4.78, 5) is 14.7. The van der Waals surface area contributed by atoms with Crippen molar-refractivity contribution >= 4 is 28.5 Å². The van der Waals surface area contributed by atoms with Crippen LogP contribution in [0.25, 0.3) is 10.9 Å². The Labute approximate surface area is 89.1 Å². The Hall–Kier alpha value is -1.68. The van der Waals surface area contributed by atoms with Crippen molar-refractivity contribution in [3.8, 4) is 0 Å². The predicted molar refractivity (Wildman–Crippen MR) is 53.7 cm³/mol. The zero-order valence-electron chi connectivity index (χ0n) is 7.37. The maximum absolute atomic E-state index is 13.0. The minimum Gasteiger partial charge on any atom is -0.478 e. The van der Waals surface area contributed by atoms with Gasteiger partial charge in [0.05, 0.1) is 11.1 Å². The van der Waals surface area contributed by atoms with Crippen LogP contribution in [-0.2, 0) is 0 Å². The molecule has 0 aliphatic carbocycles. The van der Waals surface area contributed by atoms with Gasteiger partial charge in [-0.1, -0.05) is 11.6 Å². The van der Waals surface area contributed by atoms with Crippen LogP contribution in [0.5, 0.6) is 0 Å². The van der Waals surface area contributed by atoms with Crippen molar-refractivity contribution in [3.05, 3.63) is 40.8 Å². The molecule has 1 heterocycles.